The van der Waals surface area contributed by atoms with E-state index >= 15 is 0 Å². The molecule has 4 rings (SSSR count). The normalized spacial score (nSPS) is 19.3. The highest BCUT2D eigenvalue weighted by Gasteiger charge is 2.31. The number of halogens is 1. The highest BCUT2D eigenvalue weighted by Crippen LogP contribution is 2.38. The van der Waals surface area contributed by atoms with E-state index in [1.165, 1.54) is 11.0 Å². The summed E-state index contributed by atoms with van der Waals surface area (Å²) in [7, 11) is 2.10. The van der Waals surface area contributed by atoms with Crippen LogP contribution < -0.4 is 14.7 Å². The van der Waals surface area contributed by atoms with Crippen molar-refractivity contribution in [1.29, 1.82) is 0 Å². The Bertz CT molecular complexity index is 918. The van der Waals surface area contributed by atoms with Gasteiger partial charge in [0.2, 0.25) is 5.78 Å². The number of hydrogen-bond acceptors (Lipinski definition) is 4. The van der Waals surface area contributed by atoms with Crippen LogP contribution in [0.4, 0.5) is 0 Å². The molecule has 0 amide bonds. The Morgan fingerprint density at radius 3 is 2.78 bits per heavy atom. The van der Waals surface area contributed by atoms with Crippen molar-refractivity contribution in [2.45, 2.75) is 6.54 Å². The average molecular weight is 385 g/mol. The van der Waals surface area contributed by atoms with E-state index in [9.17, 15) is 9.90 Å². The van der Waals surface area contributed by atoms with Gasteiger partial charge in [-0.3, -0.25) is 9.69 Å². The maximum absolute atomic E-state index is 12.7. The van der Waals surface area contributed by atoms with Crippen LogP contribution in [0.2, 0.25) is 5.02 Å². The number of allylic oxidation sites excluding steroid dienone is 1. The molecule has 2 aliphatic heterocycles. The molecule has 2 heterocycles. The minimum atomic E-state index is -0.195. The first-order chi connectivity index (χ1) is 13.0. The number of rotatable bonds is 3. The summed E-state index contributed by atoms with van der Waals surface area (Å²) in [6.45, 7) is 4.52. The van der Waals surface area contributed by atoms with E-state index in [4.69, 9.17) is 16.3 Å². The van der Waals surface area contributed by atoms with Gasteiger partial charge in [-0.1, -0.05) is 35.5 Å². The van der Waals surface area contributed by atoms with Gasteiger partial charge in [-0.2, -0.15) is 0 Å². The van der Waals surface area contributed by atoms with Crippen molar-refractivity contribution in [2.75, 3.05) is 33.2 Å². The van der Waals surface area contributed by atoms with Crippen LogP contribution >= 0.6 is 11.6 Å². The van der Waals surface area contributed by atoms with Crippen LogP contribution in [-0.4, -0.2) is 43.9 Å². The molecule has 6 heteroatoms. The van der Waals surface area contributed by atoms with Crippen molar-refractivity contribution >= 4 is 23.5 Å². The van der Waals surface area contributed by atoms with Crippen LogP contribution in [0.5, 0.6) is 11.5 Å². The maximum Gasteiger partial charge on any atom is 0.231 e. The smallest absolute Gasteiger partial charge is 0.231 e. The zero-order valence-electron chi connectivity index (χ0n) is 15.1. The second-order valence-electron chi connectivity index (χ2n) is 7.14. The Morgan fingerprint density at radius 1 is 1.26 bits per heavy atom. The van der Waals surface area contributed by atoms with Crippen LogP contribution in [-0.2, 0) is 6.54 Å². The fraction of sp³-hybridized carbons (Fsp3) is 0.286. The predicted molar refractivity (Wildman–Crippen MR) is 102 cm³/mol. The summed E-state index contributed by atoms with van der Waals surface area (Å²) in [5.41, 5.74) is 1.84. The van der Waals surface area contributed by atoms with Gasteiger partial charge in [-0.05, 0) is 36.9 Å². The molecule has 0 aromatic heterocycles. The van der Waals surface area contributed by atoms with Gasteiger partial charge in [0.1, 0.15) is 12.3 Å². The third-order valence-corrected chi connectivity index (χ3v) is 5.40. The topological polar surface area (TPSA) is 57.0 Å². The summed E-state index contributed by atoms with van der Waals surface area (Å²) in [5, 5.41) is 13.1. The third-order valence-electron chi connectivity index (χ3n) is 5.17. The summed E-state index contributed by atoms with van der Waals surface area (Å²) in [6, 6.07) is 10.3. The van der Waals surface area contributed by atoms with E-state index in [0.29, 0.717) is 28.4 Å². The molecule has 0 radical (unpaired) electrons. The summed E-state index contributed by atoms with van der Waals surface area (Å²) < 4.78 is 5.88. The quantitative estimate of drug-likeness (QED) is 0.812. The Labute approximate surface area is 163 Å². The predicted octanol–water partition coefficient (Wildman–Crippen LogP) is 1.36. The van der Waals surface area contributed by atoms with E-state index < -0.39 is 0 Å². The molecule has 0 bridgehead atoms. The maximum atomic E-state index is 12.7. The van der Waals surface area contributed by atoms with E-state index in [1.807, 2.05) is 12.1 Å². The number of fused-ring (bicyclic) bond motifs is 1. The number of ketones is 1. The van der Waals surface area contributed by atoms with Gasteiger partial charge in [0, 0.05) is 23.7 Å². The van der Waals surface area contributed by atoms with E-state index in [1.54, 1.807) is 24.3 Å². The molecule has 27 heavy (non-hydrogen) atoms. The Kier molecular flexibility index (Phi) is 4.91. The number of hydrogen-bond donors (Lipinski definition) is 1. The van der Waals surface area contributed by atoms with E-state index in [0.717, 1.165) is 31.7 Å². The average Bonchev–Trinajstić information content (AvgIpc) is 2.95. The third kappa shape index (κ3) is 3.72. The van der Waals surface area contributed by atoms with Gasteiger partial charge < -0.3 is 14.7 Å². The molecular weight excluding hydrogens is 364 g/mol. The second-order valence-corrected chi connectivity index (χ2v) is 7.58. The molecule has 0 atom stereocenters. The fourth-order valence-corrected chi connectivity index (χ4v) is 3.76. The molecule has 0 spiro atoms. The molecule has 0 unspecified atom stereocenters. The largest absolute Gasteiger partial charge is 0.872 e. The second kappa shape index (κ2) is 7.35. The van der Waals surface area contributed by atoms with Crippen molar-refractivity contribution in [3.8, 4) is 11.5 Å². The lowest BCUT2D eigenvalue weighted by Crippen LogP contribution is -3.13. The summed E-state index contributed by atoms with van der Waals surface area (Å²) in [4.78, 5) is 16.4. The number of carbonyl (C=O) groups is 1. The number of piperazine rings is 1. The number of Topliss-reactive ketones (excluding diaryl/α,β-unsaturated/α-hetero) is 1. The monoisotopic (exact) mass is 384 g/mol. The van der Waals surface area contributed by atoms with Gasteiger partial charge in [-0.15, -0.1) is 0 Å². The van der Waals surface area contributed by atoms with Crippen molar-refractivity contribution in [1.82, 2.24) is 4.90 Å². The molecule has 1 fully saturated rings. The molecule has 2 aliphatic rings. The molecule has 0 aliphatic carbocycles. The number of nitrogens with one attached hydrogen (secondary N) is 1. The lowest BCUT2D eigenvalue weighted by molar-refractivity contribution is -0.918. The number of nitrogens with zero attached hydrogens (tertiary/aromatic N) is 1. The highest BCUT2D eigenvalue weighted by atomic mass is 35.5. The molecule has 140 valence electrons. The molecule has 1 N–H and O–H groups in total. The van der Waals surface area contributed by atoms with Crippen LogP contribution in [0.1, 0.15) is 21.5 Å². The van der Waals surface area contributed by atoms with Crippen molar-refractivity contribution in [2.24, 2.45) is 0 Å². The zero-order valence-corrected chi connectivity index (χ0v) is 15.9. The number of benzene rings is 2. The molecule has 2 aromatic rings. The number of ether oxygens (including phenoxy) is 1. The van der Waals surface area contributed by atoms with E-state index in [-0.39, 0.29) is 17.3 Å². The molecule has 1 saturated heterocycles. The van der Waals surface area contributed by atoms with Gasteiger partial charge in [0.25, 0.3) is 0 Å². The highest BCUT2D eigenvalue weighted by molar-refractivity contribution is 6.30. The number of carbonyl (C=O) groups excluding carboxylic acids is 1. The van der Waals surface area contributed by atoms with Gasteiger partial charge in [0.05, 0.1) is 18.7 Å². The molecule has 5 nitrogen and oxygen atoms in total. The van der Waals surface area contributed by atoms with Crippen molar-refractivity contribution < 1.29 is 19.5 Å². The van der Waals surface area contributed by atoms with Crippen molar-refractivity contribution in [3.05, 3.63) is 63.9 Å². The number of likely N-dealkylation sites (N-methyl/N-ethyl adjacent to an activating group) is 1. The van der Waals surface area contributed by atoms with Gasteiger partial charge in [0.15, 0.2) is 5.76 Å². The lowest BCUT2D eigenvalue weighted by Gasteiger charge is -2.30. The van der Waals surface area contributed by atoms with Crippen LogP contribution in [0.3, 0.4) is 0 Å². The molecule has 0 saturated carbocycles. The molecule has 2 aromatic carbocycles. The minimum Gasteiger partial charge on any atom is -0.872 e. The zero-order chi connectivity index (χ0) is 19.0. The van der Waals surface area contributed by atoms with Gasteiger partial charge in [-0.25, -0.2) is 0 Å². The summed E-state index contributed by atoms with van der Waals surface area (Å²) >= 11 is 6.02. The van der Waals surface area contributed by atoms with Crippen molar-refractivity contribution in [3.63, 3.8) is 0 Å². The lowest BCUT2D eigenvalue weighted by atomic mass is 10.0. The van der Waals surface area contributed by atoms with Crippen LogP contribution in [0, 0.1) is 0 Å². The summed E-state index contributed by atoms with van der Waals surface area (Å²) in [5.74, 6) is 0.385. The van der Waals surface area contributed by atoms with Gasteiger partial charge >= 0.3 is 0 Å². The standard InChI is InChI=1S/C21H21ClN2O3/c1-23-7-9-24(10-8-23)13-17-18(25)6-5-16-20(26)19(27-21(16)17)12-14-3-2-4-15(22)11-14/h2-6,11-12,25H,7-10,13H2,1H3/b19-12-. The SMILES string of the molecule is CN1CC[NH+](Cc2c([O-])ccc3c2O/C(=C\c2cccc(Cl)c2)C3=O)CC1. The Balaban J connectivity index is 1.63. The Hall–Kier alpha value is -2.34. The fourth-order valence-electron chi connectivity index (χ4n) is 3.57. The Morgan fingerprint density at radius 2 is 2.04 bits per heavy atom. The van der Waals surface area contributed by atoms with E-state index in [2.05, 4.69) is 11.9 Å². The number of quaternary nitrogens is 1. The summed E-state index contributed by atoms with van der Waals surface area (Å²) in [6.07, 6.45) is 1.67. The first kappa shape index (κ1) is 18.0. The first-order valence-corrected chi connectivity index (χ1v) is 9.44. The molecular formula is C21H21ClN2O3. The minimum absolute atomic E-state index is 0.0722. The van der Waals surface area contributed by atoms with Crippen LogP contribution in [0.25, 0.3) is 6.08 Å². The first-order valence-electron chi connectivity index (χ1n) is 9.06. The van der Waals surface area contributed by atoms with Crippen LogP contribution in [0.15, 0.2) is 42.2 Å².